The Hall–Kier alpha value is -0.820. The fourth-order valence-corrected chi connectivity index (χ4v) is 2.76. The van der Waals surface area contributed by atoms with Gasteiger partial charge < -0.3 is 5.32 Å². The Morgan fingerprint density at radius 3 is 2.31 bits per heavy atom. The summed E-state index contributed by atoms with van der Waals surface area (Å²) in [6.07, 6.45) is 6.28. The van der Waals surface area contributed by atoms with Crippen LogP contribution in [0.2, 0.25) is 0 Å². The number of rotatable bonds is 5. The van der Waals surface area contributed by atoms with Crippen molar-refractivity contribution in [1.29, 1.82) is 0 Å². The van der Waals surface area contributed by atoms with Gasteiger partial charge in [-0.2, -0.15) is 0 Å². The summed E-state index contributed by atoms with van der Waals surface area (Å²) in [4.78, 5) is 0. The summed E-state index contributed by atoms with van der Waals surface area (Å²) in [5.41, 5.74) is 3.10. The quantitative estimate of drug-likeness (QED) is 0.798. The van der Waals surface area contributed by atoms with Gasteiger partial charge in [-0.05, 0) is 36.8 Å². The molecule has 1 atom stereocenters. The third-order valence-electron chi connectivity index (χ3n) is 3.65. The van der Waals surface area contributed by atoms with Crippen LogP contribution in [0.1, 0.15) is 44.2 Å². The van der Waals surface area contributed by atoms with Crippen LogP contribution in [0.25, 0.3) is 0 Å². The summed E-state index contributed by atoms with van der Waals surface area (Å²) < 4.78 is 0. The summed E-state index contributed by atoms with van der Waals surface area (Å²) in [6.45, 7) is 4.56. The molecule has 0 saturated carbocycles. The van der Waals surface area contributed by atoms with Gasteiger partial charge in [-0.3, -0.25) is 0 Å². The van der Waals surface area contributed by atoms with E-state index < -0.39 is 0 Å². The first-order chi connectivity index (χ1) is 7.83. The minimum absolute atomic E-state index is 0.675. The van der Waals surface area contributed by atoms with Crippen LogP contribution in [0.15, 0.2) is 24.3 Å². The van der Waals surface area contributed by atoms with Crippen LogP contribution in [-0.4, -0.2) is 12.1 Å². The molecule has 1 aromatic rings. The molecule has 1 aliphatic rings. The van der Waals surface area contributed by atoms with E-state index >= 15 is 0 Å². The van der Waals surface area contributed by atoms with E-state index in [0.717, 1.165) is 0 Å². The van der Waals surface area contributed by atoms with Crippen molar-refractivity contribution in [2.45, 2.75) is 58.0 Å². The first-order valence-electron chi connectivity index (χ1n) is 6.66. The van der Waals surface area contributed by atoms with Gasteiger partial charge in [0.05, 0.1) is 0 Å². The molecule has 0 bridgehead atoms. The number of nitrogens with one attached hydrogen (secondary N) is 1. The molecule has 88 valence electrons. The maximum atomic E-state index is 3.81. The highest BCUT2D eigenvalue weighted by Gasteiger charge is 2.22. The smallest absolute Gasteiger partial charge is 0.0151 e. The summed E-state index contributed by atoms with van der Waals surface area (Å²) in [6, 6.07) is 10.3. The van der Waals surface area contributed by atoms with Gasteiger partial charge >= 0.3 is 0 Å². The largest absolute Gasteiger partial charge is 0.311 e. The number of benzene rings is 1. The lowest BCUT2D eigenvalue weighted by molar-refractivity contribution is 0.402. The van der Waals surface area contributed by atoms with Crippen LogP contribution < -0.4 is 5.32 Å². The van der Waals surface area contributed by atoms with Gasteiger partial charge in [0, 0.05) is 12.1 Å². The molecule has 1 aliphatic carbocycles. The van der Waals surface area contributed by atoms with Gasteiger partial charge in [0.25, 0.3) is 0 Å². The van der Waals surface area contributed by atoms with Gasteiger partial charge in [-0.25, -0.2) is 0 Å². The zero-order chi connectivity index (χ0) is 11.4. The first kappa shape index (κ1) is 11.7. The SMILES string of the molecule is CCCC(CC)NC1Cc2ccccc2C1. The molecule has 0 aromatic heterocycles. The van der Waals surface area contributed by atoms with Crippen LogP contribution in [-0.2, 0) is 12.8 Å². The van der Waals surface area contributed by atoms with Crippen molar-refractivity contribution in [3.8, 4) is 0 Å². The summed E-state index contributed by atoms with van der Waals surface area (Å²) in [7, 11) is 0. The zero-order valence-electron chi connectivity index (χ0n) is 10.5. The molecule has 0 amide bonds. The number of hydrogen-bond donors (Lipinski definition) is 1. The third kappa shape index (κ3) is 2.65. The third-order valence-corrected chi connectivity index (χ3v) is 3.65. The molecule has 1 unspecified atom stereocenters. The first-order valence-corrected chi connectivity index (χ1v) is 6.66. The Labute approximate surface area is 99.3 Å². The second-order valence-corrected chi connectivity index (χ2v) is 4.93. The minimum atomic E-state index is 0.675. The number of fused-ring (bicyclic) bond motifs is 1. The van der Waals surface area contributed by atoms with Crippen molar-refractivity contribution in [2.75, 3.05) is 0 Å². The zero-order valence-corrected chi connectivity index (χ0v) is 10.5. The summed E-state index contributed by atoms with van der Waals surface area (Å²) in [5, 5.41) is 3.81. The molecule has 0 saturated heterocycles. The van der Waals surface area contributed by atoms with E-state index in [0.29, 0.717) is 12.1 Å². The fraction of sp³-hybridized carbons (Fsp3) is 0.600. The summed E-state index contributed by atoms with van der Waals surface area (Å²) >= 11 is 0. The monoisotopic (exact) mass is 217 g/mol. The highest BCUT2D eigenvalue weighted by atomic mass is 14.9. The predicted molar refractivity (Wildman–Crippen MR) is 69.8 cm³/mol. The van der Waals surface area contributed by atoms with E-state index in [9.17, 15) is 0 Å². The minimum Gasteiger partial charge on any atom is -0.311 e. The molecule has 16 heavy (non-hydrogen) atoms. The second kappa shape index (κ2) is 5.49. The maximum absolute atomic E-state index is 3.81. The highest BCUT2D eigenvalue weighted by molar-refractivity contribution is 5.33. The van der Waals surface area contributed by atoms with Gasteiger partial charge in [0.2, 0.25) is 0 Å². The average molecular weight is 217 g/mol. The maximum Gasteiger partial charge on any atom is 0.0151 e. The van der Waals surface area contributed by atoms with E-state index in [1.54, 1.807) is 11.1 Å². The van der Waals surface area contributed by atoms with Crippen LogP contribution in [0.4, 0.5) is 0 Å². The lowest BCUT2D eigenvalue weighted by atomic mass is 10.1. The molecule has 0 aliphatic heterocycles. The van der Waals surface area contributed by atoms with Gasteiger partial charge in [0.1, 0.15) is 0 Å². The Balaban J connectivity index is 1.91. The average Bonchev–Trinajstić information content (AvgIpc) is 2.70. The molecular weight excluding hydrogens is 194 g/mol. The Morgan fingerprint density at radius 2 is 1.81 bits per heavy atom. The van der Waals surface area contributed by atoms with E-state index in [-0.39, 0.29) is 0 Å². The molecule has 2 rings (SSSR count). The van der Waals surface area contributed by atoms with E-state index in [1.807, 2.05) is 0 Å². The molecule has 0 spiro atoms. The Bertz CT molecular complexity index is 307. The Kier molecular flexibility index (Phi) is 4.00. The van der Waals surface area contributed by atoms with Crippen LogP contribution in [0.5, 0.6) is 0 Å². The van der Waals surface area contributed by atoms with Gasteiger partial charge in [0.15, 0.2) is 0 Å². The van der Waals surface area contributed by atoms with E-state index in [2.05, 4.69) is 43.4 Å². The molecular formula is C15H23N. The van der Waals surface area contributed by atoms with Crippen LogP contribution in [0, 0.1) is 0 Å². The van der Waals surface area contributed by atoms with Gasteiger partial charge in [-0.15, -0.1) is 0 Å². The normalized spacial score (nSPS) is 17.4. The molecule has 1 aromatic carbocycles. The summed E-state index contributed by atoms with van der Waals surface area (Å²) in [5.74, 6) is 0. The van der Waals surface area contributed by atoms with Crippen molar-refractivity contribution in [3.05, 3.63) is 35.4 Å². The molecule has 0 heterocycles. The van der Waals surface area contributed by atoms with Crippen LogP contribution in [0.3, 0.4) is 0 Å². The van der Waals surface area contributed by atoms with Gasteiger partial charge in [-0.1, -0.05) is 44.5 Å². The highest BCUT2D eigenvalue weighted by Crippen LogP contribution is 2.22. The molecule has 1 nitrogen and oxygen atoms in total. The van der Waals surface area contributed by atoms with Crippen molar-refractivity contribution in [1.82, 2.24) is 5.32 Å². The predicted octanol–water partition coefficient (Wildman–Crippen LogP) is 3.32. The second-order valence-electron chi connectivity index (χ2n) is 4.93. The lowest BCUT2D eigenvalue weighted by Crippen LogP contribution is -2.38. The van der Waals surface area contributed by atoms with Crippen molar-refractivity contribution in [3.63, 3.8) is 0 Å². The van der Waals surface area contributed by atoms with E-state index in [1.165, 1.54) is 32.1 Å². The number of hydrogen-bond acceptors (Lipinski definition) is 1. The Morgan fingerprint density at radius 1 is 1.19 bits per heavy atom. The molecule has 0 fully saturated rings. The fourth-order valence-electron chi connectivity index (χ4n) is 2.76. The lowest BCUT2D eigenvalue weighted by Gasteiger charge is -2.21. The standard InChI is InChI=1S/C15H23N/c1-3-7-14(4-2)16-15-10-12-8-5-6-9-13(12)11-15/h5-6,8-9,14-16H,3-4,7,10-11H2,1-2H3. The molecule has 1 heteroatoms. The van der Waals surface area contributed by atoms with Crippen LogP contribution >= 0.6 is 0 Å². The van der Waals surface area contributed by atoms with Crippen molar-refractivity contribution < 1.29 is 0 Å². The van der Waals surface area contributed by atoms with Crippen molar-refractivity contribution in [2.24, 2.45) is 0 Å². The van der Waals surface area contributed by atoms with E-state index in [4.69, 9.17) is 0 Å². The molecule has 0 radical (unpaired) electrons. The topological polar surface area (TPSA) is 12.0 Å². The molecule has 1 N–H and O–H groups in total. The van der Waals surface area contributed by atoms with Crippen molar-refractivity contribution >= 4 is 0 Å².